The van der Waals surface area contributed by atoms with Gasteiger partial charge in [0.25, 0.3) is 0 Å². The summed E-state index contributed by atoms with van der Waals surface area (Å²) in [6, 6.07) is 14.9. The zero-order chi connectivity index (χ0) is 18.4. The molecule has 2 aliphatic rings. The predicted molar refractivity (Wildman–Crippen MR) is 110 cm³/mol. The molecule has 0 spiro atoms. The van der Waals surface area contributed by atoms with Gasteiger partial charge in [-0.15, -0.1) is 0 Å². The minimum atomic E-state index is 0.104. The monoisotopic (exact) mass is 359 g/mol. The molecule has 2 aromatic carbocycles. The standard InChI is InChI=1S/C23H25N3O/c1-2-26-20-10-6-5-7-16(20)19-13-15(11-12-21(19)26)14-24-25-23(27)22-17-8-3-4-9-18(17)22/h5-7,10-14,17-18,22H,2-4,8-9H2,1H3,(H,25,27)/b24-14-. The van der Waals surface area contributed by atoms with Crippen LogP contribution in [-0.4, -0.2) is 16.7 Å². The zero-order valence-electron chi connectivity index (χ0n) is 15.7. The third kappa shape index (κ3) is 2.75. The number of hydrogen-bond donors (Lipinski definition) is 1. The molecule has 2 aliphatic carbocycles. The molecule has 2 atom stereocenters. The molecule has 5 rings (SSSR count). The van der Waals surface area contributed by atoms with E-state index in [4.69, 9.17) is 0 Å². The molecule has 4 nitrogen and oxygen atoms in total. The van der Waals surface area contributed by atoms with Crippen LogP contribution in [0.3, 0.4) is 0 Å². The molecule has 0 saturated heterocycles. The summed E-state index contributed by atoms with van der Waals surface area (Å²) in [5, 5.41) is 6.74. The lowest BCUT2D eigenvalue weighted by atomic mass is 10.0. The van der Waals surface area contributed by atoms with Crippen LogP contribution in [0.15, 0.2) is 47.6 Å². The lowest BCUT2D eigenvalue weighted by Gasteiger charge is -2.04. The van der Waals surface area contributed by atoms with Crippen molar-refractivity contribution in [3.63, 3.8) is 0 Å². The van der Waals surface area contributed by atoms with E-state index in [0.29, 0.717) is 11.8 Å². The first-order valence-electron chi connectivity index (χ1n) is 10.1. The summed E-state index contributed by atoms with van der Waals surface area (Å²) < 4.78 is 2.34. The molecule has 4 heteroatoms. The van der Waals surface area contributed by atoms with E-state index < -0.39 is 0 Å². The van der Waals surface area contributed by atoms with Crippen LogP contribution in [0.5, 0.6) is 0 Å². The number of aromatic nitrogens is 1. The Balaban J connectivity index is 1.37. The number of carbonyl (C=O) groups excluding carboxylic acids is 1. The molecule has 2 saturated carbocycles. The second-order valence-corrected chi connectivity index (χ2v) is 7.91. The fourth-order valence-corrected chi connectivity index (χ4v) is 5.12. The molecule has 0 radical (unpaired) electrons. The van der Waals surface area contributed by atoms with Crippen LogP contribution in [0, 0.1) is 17.8 Å². The first-order valence-corrected chi connectivity index (χ1v) is 10.1. The van der Waals surface area contributed by atoms with Gasteiger partial charge in [0.05, 0.1) is 6.21 Å². The van der Waals surface area contributed by atoms with Gasteiger partial charge in [-0.2, -0.15) is 5.10 Å². The van der Waals surface area contributed by atoms with Gasteiger partial charge in [-0.25, -0.2) is 5.43 Å². The number of aryl methyl sites for hydroxylation is 1. The number of amides is 1. The minimum Gasteiger partial charge on any atom is -0.341 e. The molecule has 2 fully saturated rings. The van der Waals surface area contributed by atoms with E-state index in [9.17, 15) is 4.79 Å². The first kappa shape index (κ1) is 16.5. The number of rotatable bonds is 4. The molecule has 1 aromatic heterocycles. The Hall–Kier alpha value is -2.62. The average molecular weight is 359 g/mol. The summed E-state index contributed by atoms with van der Waals surface area (Å²) in [5.74, 6) is 1.54. The summed E-state index contributed by atoms with van der Waals surface area (Å²) in [7, 11) is 0. The number of benzene rings is 2. The van der Waals surface area contributed by atoms with Crippen molar-refractivity contribution in [2.45, 2.75) is 39.2 Å². The van der Waals surface area contributed by atoms with Crippen LogP contribution in [0.1, 0.15) is 38.2 Å². The number of nitrogens with one attached hydrogen (secondary N) is 1. The quantitative estimate of drug-likeness (QED) is 0.533. The van der Waals surface area contributed by atoms with Gasteiger partial charge in [0, 0.05) is 34.3 Å². The first-order chi connectivity index (χ1) is 13.3. The van der Waals surface area contributed by atoms with E-state index in [1.54, 1.807) is 6.21 Å². The lowest BCUT2D eigenvalue weighted by Crippen LogP contribution is -2.20. The van der Waals surface area contributed by atoms with Gasteiger partial charge in [0.2, 0.25) is 5.91 Å². The Morgan fingerprint density at radius 3 is 2.63 bits per heavy atom. The number of fused-ring (bicyclic) bond motifs is 4. The summed E-state index contributed by atoms with van der Waals surface area (Å²) >= 11 is 0. The van der Waals surface area contributed by atoms with Crippen LogP contribution in [0.2, 0.25) is 0 Å². The predicted octanol–water partition coefficient (Wildman–Crippen LogP) is 4.70. The Bertz CT molecular complexity index is 1040. The van der Waals surface area contributed by atoms with Crippen molar-refractivity contribution in [2.24, 2.45) is 22.9 Å². The van der Waals surface area contributed by atoms with E-state index in [1.165, 1.54) is 47.5 Å². The van der Waals surface area contributed by atoms with E-state index in [-0.39, 0.29) is 11.8 Å². The maximum absolute atomic E-state index is 12.4. The van der Waals surface area contributed by atoms with E-state index >= 15 is 0 Å². The maximum Gasteiger partial charge on any atom is 0.243 e. The third-order valence-corrected chi connectivity index (χ3v) is 6.46. The van der Waals surface area contributed by atoms with Gasteiger partial charge in [-0.1, -0.05) is 37.1 Å². The summed E-state index contributed by atoms with van der Waals surface area (Å²) in [5.41, 5.74) is 6.28. The van der Waals surface area contributed by atoms with E-state index in [0.717, 1.165) is 12.1 Å². The van der Waals surface area contributed by atoms with Crippen LogP contribution < -0.4 is 5.43 Å². The molecule has 0 bridgehead atoms. The number of hydrogen-bond acceptors (Lipinski definition) is 2. The van der Waals surface area contributed by atoms with Crippen molar-refractivity contribution < 1.29 is 4.79 Å². The highest BCUT2D eigenvalue weighted by molar-refractivity contribution is 6.09. The number of para-hydroxylation sites is 1. The number of hydrazone groups is 1. The second kappa shape index (κ2) is 6.52. The average Bonchev–Trinajstić information content (AvgIpc) is 3.36. The third-order valence-electron chi connectivity index (χ3n) is 6.46. The Morgan fingerprint density at radius 1 is 1.11 bits per heavy atom. The van der Waals surface area contributed by atoms with Crippen LogP contribution in [-0.2, 0) is 11.3 Å². The topological polar surface area (TPSA) is 46.4 Å². The van der Waals surface area contributed by atoms with Crippen LogP contribution in [0.25, 0.3) is 21.8 Å². The Kier molecular flexibility index (Phi) is 4.00. The molecule has 2 unspecified atom stereocenters. The SMILES string of the molecule is CCn1c2ccccc2c2cc(/C=N\NC(=O)C3C4CCCCC43)ccc21. The number of carbonyl (C=O) groups is 1. The molecule has 1 N–H and O–H groups in total. The molecule has 0 aliphatic heterocycles. The molecular weight excluding hydrogens is 334 g/mol. The van der Waals surface area contributed by atoms with Crippen molar-refractivity contribution in [3.05, 3.63) is 48.0 Å². The van der Waals surface area contributed by atoms with Crippen molar-refractivity contribution in [1.29, 1.82) is 0 Å². The normalized spacial score (nSPS) is 24.4. The highest BCUT2D eigenvalue weighted by atomic mass is 16.2. The van der Waals surface area contributed by atoms with Crippen LogP contribution >= 0.6 is 0 Å². The smallest absolute Gasteiger partial charge is 0.243 e. The van der Waals surface area contributed by atoms with Crippen molar-refractivity contribution in [1.82, 2.24) is 9.99 Å². The fourth-order valence-electron chi connectivity index (χ4n) is 5.12. The minimum absolute atomic E-state index is 0.104. The van der Waals surface area contributed by atoms with Gasteiger partial charge < -0.3 is 4.57 Å². The summed E-state index contributed by atoms with van der Waals surface area (Å²) in [6.45, 7) is 3.11. The molecular formula is C23H25N3O. The van der Waals surface area contributed by atoms with Crippen LogP contribution in [0.4, 0.5) is 0 Å². The second-order valence-electron chi connectivity index (χ2n) is 7.91. The lowest BCUT2D eigenvalue weighted by molar-refractivity contribution is -0.122. The maximum atomic E-state index is 12.4. The Labute approximate surface area is 159 Å². The van der Waals surface area contributed by atoms with Gasteiger partial charge in [0.15, 0.2) is 0 Å². The molecule has 1 amide bonds. The molecule has 138 valence electrons. The van der Waals surface area contributed by atoms with Crippen molar-refractivity contribution >= 4 is 33.9 Å². The highest BCUT2D eigenvalue weighted by Gasteiger charge is 2.54. The number of nitrogens with zero attached hydrogens (tertiary/aromatic N) is 2. The van der Waals surface area contributed by atoms with Gasteiger partial charge in [-0.05, 0) is 55.4 Å². The fraction of sp³-hybridized carbons (Fsp3) is 0.391. The van der Waals surface area contributed by atoms with Crippen molar-refractivity contribution in [2.75, 3.05) is 0 Å². The highest BCUT2D eigenvalue weighted by Crippen LogP contribution is 2.55. The summed E-state index contributed by atoms with van der Waals surface area (Å²) in [6.07, 6.45) is 6.75. The molecule has 27 heavy (non-hydrogen) atoms. The van der Waals surface area contributed by atoms with E-state index in [2.05, 4.69) is 64.5 Å². The molecule has 1 heterocycles. The van der Waals surface area contributed by atoms with Crippen molar-refractivity contribution in [3.8, 4) is 0 Å². The largest absolute Gasteiger partial charge is 0.341 e. The zero-order valence-corrected chi connectivity index (χ0v) is 15.7. The Morgan fingerprint density at radius 2 is 1.85 bits per heavy atom. The van der Waals surface area contributed by atoms with E-state index in [1.807, 2.05) is 0 Å². The van der Waals surface area contributed by atoms with Gasteiger partial charge in [0.1, 0.15) is 0 Å². The molecule has 3 aromatic rings. The van der Waals surface area contributed by atoms with Gasteiger partial charge in [-0.3, -0.25) is 4.79 Å². The van der Waals surface area contributed by atoms with Gasteiger partial charge >= 0.3 is 0 Å². The summed E-state index contributed by atoms with van der Waals surface area (Å²) in [4.78, 5) is 12.4.